The van der Waals surface area contributed by atoms with Crippen LogP contribution in [0.15, 0.2) is 35.3 Å². The molecule has 0 saturated carbocycles. The molecule has 5 nitrogen and oxygen atoms in total. The number of benzene rings is 1. The number of quaternary nitrogens is 1. The molecular weight excluding hydrogens is 230 g/mol. The van der Waals surface area contributed by atoms with Gasteiger partial charge in [-0.15, -0.1) is 0 Å². The second-order valence-corrected chi connectivity index (χ2v) is 4.16. The Bertz CT molecular complexity index is 696. The molecule has 92 valence electrons. The maximum absolute atomic E-state index is 12.4. The lowest BCUT2D eigenvalue weighted by Gasteiger charge is -1.95. The van der Waals surface area contributed by atoms with Crippen LogP contribution in [-0.4, -0.2) is 5.91 Å². The van der Waals surface area contributed by atoms with Gasteiger partial charge in [-0.05, 0) is 6.07 Å². The number of rotatable bonds is 1. The molecule has 0 fully saturated rings. The lowest BCUT2D eigenvalue weighted by molar-refractivity contribution is -0.700. The summed E-state index contributed by atoms with van der Waals surface area (Å²) in [6.07, 6.45) is 1.82. The zero-order chi connectivity index (χ0) is 13.3. The van der Waals surface area contributed by atoms with E-state index in [1.54, 1.807) is 23.7 Å². The molecule has 0 saturated heterocycles. The third-order valence-corrected chi connectivity index (χ3v) is 2.78. The summed E-state index contributed by atoms with van der Waals surface area (Å²) in [6, 6.07) is 7.25. The number of hydrogen-bond acceptors (Lipinski definition) is 2. The molecule has 5 heteroatoms. The summed E-state index contributed by atoms with van der Waals surface area (Å²) in [6.45, 7) is 1.37. The van der Waals surface area contributed by atoms with Crippen LogP contribution in [0, 0.1) is 0 Å². The second-order valence-electron chi connectivity index (χ2n) is 4.16. The minimum Gasteiger partial charge on any atom is -0.313 e. The largest absolute Gasteiger partial charge is 0.391 e. The van der Waals surface area contributed by atoms with Gasteiger partial charge >= 0.3 is 5.82 Å². The van der Waals surface area contributed by atoms with E-state index in [0.29, 0.717) is 11.2 Å². The quantitative estimate of drug-likeness (QED) is 0.686. The van der Waals surface area contributed by atoms with E-state index in [-0.39, 0.29) is 17.0 Å². The molecule has 0 aliphatic carbocycles. The van der Waals surface area contributed by atoms with E-state index >= 15 is 0 Å². The van der Waals surface area contributed by atoms with Crippen molar-refractivity contribution in [2.75, 3.05) is 5.32 Å². The predicted molar refractivity (Wildman–Crippen MR) is 68.2 cm³/mol. The monoisotopic (exact) mass is 245 g/mol. The highest BCUT2D eigenvalue weighted by Gasteiger charge is 2.19. The zero-order valence-corrected chi connectivity index (χ0v) is 10.4. The van der Waals surface area contributed by atoms with Gasteiger partial charge in [-0.3, -0.25) is 15.3 Å². The van der Waals surface area contributed by atoms with Crippen LogP contribution in [0.2, 0.25) is 0 Å². The standard InChI is InChI=1S/C13H13N3O2/c1-8(17)15-11-12(18)10-6-4-3-5-9(10)7-16(2)13(11)14/h3-7,14,18H,1-2H3/p+2. The van der Waals surface area contributed by atoms with Crippen molar-refractivity contribution in [1.29, 1.82) is 0 Å². The van der Waals surface area contributed by atoms with Gasteiger partial charge in [0, 0.05) is 17.7 Å². The molecule has 0 unspecified atom stereocenters. The highest BCUT2D eigenvalue weighted by molar-refractivity contribution is 5.93. The second kappa shape index (κ2) is 4.54. The van der Waals surface area contributed by atoms with E-state index in [0.717, 1.165) is 5.39 Å². The summed E-state index contributed by atoms with van der Waals surface area (Å²) < 4.78 is 1.73. The number of aryl methyl sites for hydroxylation is 1. The Morgan fingerprint density at radius 2 is 2.00 bits per heavy atom. The van der Waals surface area contributed by atoms with Gasteiger partial charge in [0.05, 0.1) is 0 Å². The Morgan fingerprint density at radius 1 is 1.33 bits per heavy atom. The smallest absolute Gasteiger partial charge is 0.313 e. The number of amides is 1. The van der Waals surface area contributed by atoms with Gasteiger partial charge in [0.1, 0.15) is 7.05 Å². The number of aromatic nitrogens is 1. The molecule has 1 amide bonds. The van der Waals surface area contributed by atoms with Crippen LogP contribution in [0.25, 0.3) is 10.8 Å². The first-order valence-corrected chi connectivity index (χ1v) is 5.56. The van der Waals surface area contributed by atoms with Crippen molar-refractivity contribution in [2.24, 2.45) is 7.05 Å². The third-order valence-electron chi connectivity index (χ3n) is 2.78. The maximum atomic E-state index is 12.4. The van der Waals surface area contributed by atoms with Crippen molar-refractivity contribution in [2.45, 2.75) is 6.92 Å². The van der Waals surface area contributed by atoms with Crippen molar-refractivity contribution in [3.63, 3.8) is 0 Å². The number of hydrogen-bond donors (Lipinski definition) is 2. The Labute approximate surface area is 104 Å². The lowest BCUT2D eigenvalue weighted by atomic mass is 10.2. The number of anilines is 1. The van der Waals surface area contributed by atoms with E-state index < -0.39 is 0 Å². The van der Waals surface area contributed by atoms with E-state index in [1.165, 1.54) is 6.92 Å². The Kier molecular flexibility index (Phi) is 3.08. The molecular formula is C13H15N3O2+2. The topological polar surface area (TPSA) is 77.7 Å². The van der Waals surface area contributed by atoms with E-state index in [4.69, 9.17) is 0 Å². The molecule has 2 rings (SSSR count). The molecule has 4 N–H and O–H groups in total. The third kappa shape index (κ3) is 2.08. The molecule has 0 spiro atoms. The minimum absolute atomic E-state index is 0.216. The van der Waals surface area contributed by atoms with Gasteiger partial charge in [-0.1, -0.05) is 18.2 Å². The van der Waals surface area contributed by atoms with E-state index in [1.807, 2.05) is 18.3 Å². The Hall–Kier alpha value is -2.27. The fourth-order valence-corrected chi connectivity index (χ4v) is 1.85. The van der Waals surface area contributed by atoms with Gasteiger partial charge in [-0.2, -0.15) is 4.57 Å². The molecule has 0 aliphatic rings. The number of nitrogens with zero attached hydrogens (tertiary/aromatic N) is 1. The normalized spacial score (nSPS) is 10.4. The minimum atomic E-state index is -0.285. The highest BCUT2D eigenvalue weighted by Crippen LogP contribution is 2.12. The lowest BCUT2D eigenvalue weighted by Crippen LogP contribution is -2.53. The fourth-order valence-electron chi connectivity index (χ4n) is 1.85. The van der Waals surface area contributed by atoms with Gasteiger partial charge < -0.3 is 5.32 Å². The Balaban J connectivity index is 2.94. The number of fused-ring (bicyclic) bond motifs is 1. The van der Waals surface area contributed by atoms with E-state index in [9.17, 15) is 9.59 Å². The zero-order valence-electron chi connectivity index (χ0n) is 10.4. The molecule has 0 atom stereocenters. The predicted octanol–water partition coefficient (Wildman–Crippen LogP) is -0.144. The molecule has 1 aromatic carbocycles. The van der Waals surface area contributed by atoms with Gasteiger partial charge in [0.2, 0.25) is 17.0 Å². The summed E-state index contributed by atoms with van der Waals surface area (Å²) in [5.74, 6) is 0.193. The van der Waals surface area contributed by atoms with Crippen LogP contribution < -0.4 is 21.0 Å². The van der Waals surface area contributed by atoms with Crippen molar-refractivity contribution >= 4 is 28.2 Å². The highest BCUT2D eigenvalue weighted by atomic mass is 16.2. The van der Waals surface area contributed by atoms with Crippen molar-refractivity contribution in [3.8, 4) is 0 Å². The van der Waals surface area contributed by atoms with Crippen molar-refractivity contribution < 1.29 is 15.1 Å². The molecule has 0 radical (unpaired) electrons. The molecule has 0 aliphatic heterocycles. The SMILES string of the molecule is CC(=O)Nc1c([NH3+])[n+](C)cc2ccccc2c1=O. The van der Waals surface area contributed by atoms with Gasteiger partial charge in [0.15, 0.2) is 6.20 Å². The molecule has 1 aromatic heterocycles. The van der Waals surface area contributed by atoms with E-state index in [2.05, 4.69) is 11.1 Å². The van der Waals surface area contributed by atoms with Crippen molar-refractivity contribution in [3.05, 3.63) is 40.7 Å². The average Bonchev–Trinajstić information content (AvgIpc) is 2.41. The number of carbonyl (C=O) groups is 1. The summed E-state index contributed by atoms with van der Waals surface area (Å²) in [5, 5.41) is 3.93. The first-order chi connectivity index (χ1) is 8.50. The maximum Gasteiger partial charge on any atom is 0.391 e. The van der Waals surface area contributed by atoms with Crippen LogP contribution in [0.3, 0.4) is 0 Å². The average molecular weight is 245 g/mol. The molecule has 2 aromatic rings. The first-order valence-electron chi connectivity index (χ1n) is 5.56. The molecule has 1 heterocycles. The summed E-state index contributed by atoms with van der Waals surface area (Å²) >= 11 is 0. The first kappa shape index (κ1) is 12.2. The summed E-state index contributed by atoms with van der Waals surface area (Å²) in [4.78, 5) is 23.5. The number of nitrogens with one attached hydrogen (secondary N) is 1. The molecule has 0 bridgehead atoms. The summed E-state index contributed by atoms with van der Waals surface area (Å²) in [7, 11) is 1.79. The van der Waals surface area contributed by atoms with Crippen molar-refractivity contribution in [1.82, 2.24) is 0 Å². The van der Waals surface area contributed by atoms with Crippen LogP contribution in [0.5, 0.6) is 0 Å². The fraction of sp³-hybridized carbons (Fsp3) is 0.154. The summed E-state index contributed by atoms with van der Waals surface area (Å²) in [5.41, 5.74) is 3.86. The molecule has 18 heavy (non-hydrogen) atoms. The van der Waals surface area contributed by atoms with Gasteiger partial charge in [0.25, 0.3) is 0 Å². The van der Waals surface area contributed by atoms with Crippen LogP contribution >= 0.6 is 0 Å². The number of carbonyl (C=O) groups excluding carboxylic acids is 1. The van der Waals surface area contributed by atoms with Crippen LogP contribution in [0.4, 0.5) is 11.5 Å². The Morgan fingerprint density at radius 3 is 2.67 bits per heavy atom. The van der Waals surface area contributed by atoms with Crippen LogP contribution in [0.1, 0.15) is 6.92 Å². The van der Waals surface area contributed by atoms with Crippen LogP contribution in [-0.2, 0) is 11.8 Å². The van der Waals surface area contributed by atoms with Gasteiger partial charge in [-0.25, -0.2) is 0 Å².